The molecule has 1 aromatic heterocycles. The van der Waals surface area contributed by atoms with Gasteiger partial charge in [-0.25, -0.2) is 0 Å². The van der Waals surface area contributed by atoms with Gasteiger partial charge in [-0.2, -0.15) is 0 Å². The molecule has 1 N–H and O–H groups in total. The summed E-state index contributed by atoms with van der Waals surface area (Å²) in [4.78, 5) is 16.1. The van der Waals surface area contributed by atoms with Crippen molar-refractivity contribution in [1.82, 2.24) is 4.90 Å². The zero-order chi connectivity index (χ0) is 15.1. The number of aryl methyl sites for hydroxylation is 1. The van der Waals surface area contributed by atoms with Gasteiger partial charge in [0.25, 0.3) is 5.91 Å². The van der Waals surface area contributed by atoms with Crippen molar-refractivity contribution in [1.29, 1.82) is 0 Å². The zero-order valence-corrected chi connectivity index (χ0v) is 13.5. The molecular formula is C16H23NO2S. The lowest BCUT2D eigenvalue weighted by Gasteiger charge is -2.26. The molecule has 1 unspecified atom stereocenters. The van der Waals surface area contributed by atoms with Crippen LogP contribution in [0.2, 0.25) is 0 Å². The van der Waals surface area contributed by atoms with E-state index in [1.54, 1.807) is 0 Å². The quantitative estimate of drug-likeness (QED) is 0.848. The molecule has 0 aromatic carbocycles. The zero-order valence-electron chi connectivity index (χ0n) is 12.7. The van der Waals surface area contributed by atoms with Gasteiger partial charge in [0.05, 0.1) is 16.4 Å². The average molecular weight is 293 g/mol. The van der Waals surface area contributed by atoms with E-state index < -0.39 is 0 Å². The van der Waals surface area contributed by atoms with Gasteiger partial charge in [-0.05, 0) is 38.8 Å². The number of nitrogens with zero attached hydrogens (tertiary/aromatic N) is 1. The molecule has 0 fully saturated rings. The molecule has 1 heterocycles. The van der Waals surface area contributed by atoms with Gasteiger partial charge in [0, 0.05) is 19.0 Å². The highest BCUT2D eigenvalue weighted by Crippen LogP contribution is 2.23. The lowest BCUT2D eigenvalue weighted by molar-refractivity contribution is 0.0705. The maximum atomic E-state index is 12.5. The van der Waals surface area contributed by atoms with Crippen LogP contribution in [0.5, 0.6) is 0 Å². The highest BCUT2D eigenvalue weighted by atomic mass is 32.1. The van der Waals surface area contributed by atoms with Gasteiger partial charge in [-0.15, -0.1) is 11.3 Å². The van der Waals surface area contributed by atoms with Crippen molar-refractivity contribution < 1.29 is 9.90 Å². The monoisotopic (exact) mass is 293 g/mol. The van der Waals surface area contributed by atoms with E-state index in [-0.39, 0.29) is 18.6 Å². The molecule has 0 aliphatic rings. The summed E-state index contributed by atoms with van der Waals surface area (Å²) >= 11 is 1.44. The second-order valence-electron chi connectivity index (χ2n) is 4.75. The van der Waals surface area contributed by atoms with Crippen molar-refractivity contribution in [2.75, 3.05) is 13.2 Å². The molecule has 0 aliphatic carbocycles. The summed E-state index contributed by atoms with van der Waals surface area (Å²) in [6, 6.07) is 2.17. The Morgan fingerprint density at radius 1 is 1.50 bits per heavy atom. The summed E-state index contributed by atoms with van der Waals surface area (Å²) in [6.45, 7) is 8.93. The number of carbonyl (C=O) groups is 1. The maximum absolute atomic E-state index is 12.5. The number of amides is 1. The molecule has 4 heteroatoms. The molecule has 3 nitrogen and oxygen atoms in total. The number of hydrogen-bond donors (Lipinski definition) is 1. The van der Waals surface area contributed by atoms with E-state index in [1.165, 1.54) is 11.3 Å². The lowest BCUT2D eigenvalue weighted by Crippen LogP contribution is -2.37. The summed E-state index contributed by atoms with van der Waals surface area (Å²) in [6.07, 6.45) is 1.42. The minimum absolute atomic E-state index is 0.0703. The van der Waals surface area contributed by atoms with Crippen molar-refractivity contribution in [3.8, 4) is 11.8 Å². The van der Waals surface area contributed by atoms with Gasteiger partial charge in [0.1, 0.15) is 0 Å². The predicted octanol–water partition coefficient (Wildman–Crippen LogP) is 3.05. The fraction of sp³-hybridized carbons (Fsp3) is 0.562. The van der Waals surface area contributed by atoms with E-state index >= 15 is 0 Å². The van der Waals surface area contributed by atoms with Gasteiger partial charge >= 0.3 is 0 Å². The Labute approximate surface area is 125 Å². The fourth-order valence-electron chi connectivity index (χ4n) is 1.93. The third-order valence-corrected chi connectivity index (χ3v) is 4.43. The van der Waals surface area contributed by atoms with Crippen LogP contribution < -0.4 is 0 Å². The molecule has 1 rings (SSSR count). The molecule has 1 atom stereocenters. The van der Waals surface area contributed by atoms with Crippen LogP contribution in [-0.2, 0) is 0 Å². The van der Waals surface area contributed by atoms with Crippen LogP contribution in [0.1, 0.15) is 53.7 Å². The number of carbonyl (C=O) groups excluding carboxylic acids is 1. The summed E-state index contributed by atoms with van der Waals surface area (Å²) in [5, 5.41) is 8.74. The third-order valence-electron chi connectivity index (χ3n) is 3.29. The molecule has 0 aliphatic heterocycles. The van der Waals surface area contributed by atoms with Crippen molar-refractivity contribution in [2.24, 2.45) is 0 Å². The minimum Gasteiger partial charge on any atom is -0.395 e. The first kappa shape index (κ1) is 16.7. The van der Waals surface area contributed by atoms with Crippen LogP contribution in [0.4, 0.5) is 0 Å². The molecule has 0 saturated carbocycles. The molecular weight excluding hydrogens is 270 g/mol. The minimum atomic E-state index is 0.0703. The third kappa shape index (κ3) is 4.09. The second-order valence-corrected chi connectivity index (χ2v) is 5.80. The molecule has 110 valence electrons. The summed E-state index contributed by atoms with van der Waals surface area (Å²) in [5.41, 5.74) is 1.03. The number of hydrogen-bond acceptors (Lipinski definition) is 3. The first-order chi connectivity index (χ1) is 9.54. The van der Waals surface area contributed by atoms with Crippen LogP contribution in [-0.4, -0.2) is 35.1 Å². The number of rotatable bonds is 5. The predicted molar refractivity (Wildman–Crippen MR) is 84.1 cm³/mol. The summed E-state index contributed by atoms with van der Waals surface area (Å²) in [5.74, 6) is 6.02. The van der Waals surface area contributed by atoms with E-state index in [0.29, 0.717) is 6.42 Å². The van der Waals surface area contributed by atoms with Crippen LogP contribution in [0, 0.1) is 18.8 Å². The molecule has 0 bridgehead atoms. The van der Waals surface area contributed by atoms with Crippen LogP contribution in [0.15, 0.2) is 6.07 Å². The van der Waals surface area contributed by atoms with E-state index in [0.717, 1.165) is 28.3 Å². The Kier molecular flexibility index (Phi) is 6.77. The highest BCUT2D eigenvalue weighted by molar-refractivity contribution is 7.14. The summed E-state index contributed by atoms with van der Waals surface area (Å²) < 4.78 is 0. The van der Waals surface area contributed by atoms with Gasteiger partial charge in [0.2, 0.25) is 0 Å². The Morgan fingerprint density at radius 3 is 2.75 bits per heavy atom. The van der Waals surface area contributed by atoms with Crippen molar-refractivity contribution in [3.63, 3.8) is 0 Å². The van der Waals surface area contributed by atoms with Gasteiger partial charge < -0.3 is 10.0 Å². The Hall–Kier alpha value is -1.31. The summed E-state index contributed by atoms with van der Waals surface area (Å²) in [7, 11) is 0. The van der Waals surface area contributed by atoms with E-state index in [1.807, 2.05) is 24.8 Å². The van der Waals surface area contributed by atoms with Gasteiger partial charge in [-0.1, -0.05) is 18.8 Å². The van der Waals surface area contributed by atoms with Crippen molar-refractivity contribution in [3.05, 3.63) is 21.4 Å². The Balaban J connectivity index is 2.95. The molecule has 0 radical (unpaired) electrons. The first-order valence-corrected chi connectivity index (χ1v) is 7.87. The molecule has 0 spiro atoms. The molecule has 1 aromatic rings. The topological polar surface area (TPSA) is 40.5 Å². The highest BCUT2D eigenvalue weighted by Gasteiger charge is 2.21. The molecule has 0 saturated heterocycles. The lowest BCUT2D eigenvalue weighted by atomic mass is 10.2. The SMILES string of the molecule is CCC(C)N(CC)C(=O)c1cc(C)c(C#CCCO)s1. The normalized spacial score (nSPS) is 11.7. The maximum Gasteiger partial charge on any atom is 0.264 e. The Morgan fingerprint density at radius 2 is 2.20 bits per heavy atom. The fourth-order valence-corrected chi connectivity index (χ4v) is 2.93. The first-order valence-electron chi connectivity index (χ1n) is 7.06. The largest absolute Gasteiger partial charge is 0.395 e. The number of aliphatic hydroxyl groups excluding tert-OH is 1. The van der Waals surface area contributed by atoms with E-state index in [2.05, 4.69) is 25.7 Å². The van der Waals surface area contributed by atoms with Crippen LogP contribution in [0.25, 0.3) is 0 Å². The van der Waals surface area contributed by atoms with Crippen LogP contribution in [0.3, 0.4) is 0 Å². The molecule has 1 amide bonds. The Bertz CT molecular complexity index is 510. The second kappa shape index (κ2) is 8.08. The van der Waals surface area contributed by atoms with E-state index in [9.17, 15) is 4.79 Å². The van der Waals surface area contributed by atoms with Gasteiger partial charge in [0.15, 0.2) is 0 Å². The molecule has 20 heavy (non-hydrogen) atoms. The van der Waals surface area contributed by atoms with E-state index in [4.69, 9.17) is 5.11 Å². The average Bonchev–Trinajstić information content (AvgIpc) is 2.81. The van der Waals surface area contributed by atoms with Crippen molar-refractivity contribution in [2.45, 2.75) is 46.6 Å². The van der Waals surface area contributed by atoms with Crippen molar-refractivity contribution >= 4 is 17.2 Å². The number of thiophene rings is 1. The smallest absolute Gasteiger partial charge is 0.264 e. The number of aliphatic hydroxyl groups is 1. The van der Waals surface area contributed by atoms with Crippen LogP contribution >= 0.6 is 11.3 Å². The standard InChI is InChI=1S/C16H23NO2S/c1-5-13(4)17(6-2)16(19)15-11-12(3)14(20-15)9-7-8-10-18/h11,13,18H,5-6,8,10H2,1-4H3. The van der Waals surface area contributed by atoms with Gasteiger partial charge in [-0.3, -0.25) is 4.79 Å².